The molecule has 0 aliphatic heterocycles. The fourth-order valence-electron chi connectivity index (χ4n) is 5.37. The highest BCUT2D eigenvalue weighted by Crippen LogP contribution is 2.37. The minimum atomic E-state index is -0.209. The van der Waals surface area contributed by atoms with E-state index < -0.39 is 0 Å². The molecule has 0 atom stereocenters. The van der Waals surface area contributed by atoms with Gasteiger partial charge in [0, 0.05) is 17.7 Å². The van der Waals surface area contributed by atoms with Crippen LogP contribution in [0.1, 0.15) is 51.5 Å². The molecule has 0 aliphatic rings. The van der Waals surface area contributed by atoms with Gasteiger partial charge in [0.25, 0.3) is 0 Å². The van der Waals surface area contributed by atoms with Gasteiger partial charge in [0.15, 0.2) is 17.3 Å². The monoisotopic (exact) mass is 690 g/mol. The van der Waals surface area contributed by atoms with Crippen molar-refractivity contribution in [3.05, 3.63) is 191 Å². The summed E-state index contributed by atoms with van der Waals surface area (Å²) in [4.78, 5) is 13.8. The van der Waals surface area contributed by atoms with E-state index in [1.54, 1.807) is 24.3 Å². The molecule has 52 heavy (non-hydrogen) atoms. The van der Waals surface area contributed by atoms with E-state index in [9.17, 15) is 4.79 Å². The number of carbonyl (C=O) groups is 1. The van der Waals surface area contributed by atoms with Gasteiger partial charge in [0.2, 0.25) is 0 Å². The van der Waals surface area contributed by atoms with Crippen LogP contribution in [-0.2, 0) is 26.4 Å². The summed E-state index contributed by atoms with van der Waals surface area (Å²) in [5, 5.41) is 0. The second kappa shape index (κ2) is 18.6. The van der Waals surface area contributed by atoms with Crippen LogP contribution in [0.4, 0.5) is 0 Å². The summed E-state index contributed by atoms with van der Waals surface area (Å²) in [5.74, 6) is 2.53. The Morgan fingerprint density at radius 1 is 0.481 bits per heavy atom. The van der Waals surface area contributed by atoms with Crippen molar-refractivity contribution >= 4 is 11.9 Å². The molecule has 0 saturated carbocycles. The highest BCUT2D eigenvalue weighted by Gasteiger charge is 2.16. The minimum Gasteiger partial charge on any atom is -0.490 e. The average molecular weight is 691 g/mol. The lowest BCUT2D eigenvalue weighted by Gasteiger charge is -2.17. The third kappa shape index (κ3) is 10.4. The summed E-state index contributed by atoms with van der Waals surface area (Å²) in [6, 6.07) is 48.7. The minimum absolute atomic E-state index is 0.209. The van der Waals surface area contributed by atoms with Crippen LogP contribution in [0.15, 0.2) is 158 Å². The first kappa shape index (κ1) is 35.6. The summed E-state index contributed by atoms with van der Waals surface area (Å²) in [6.07, 6.45) is 4.13. The van der Waals surface area contributed by atoms with Gasteiger partial charge in [0.1, 0.15) is 43.7 Å². The molecule has 0 heterocycles. The van der Waals surface area contributed by atoms with Crippen molar-refractivity contribution in [2.24, 2.45) is 0 Å². The van der Waals surface area contributed by atoms with Crippen molar-refractivity contribution in [1.29, 1.82) is 0 Å². The highest BCUT2D eigenvalue weighted by atomic mass is 16.5. The fraction of sp³-hybridized carbons (Fsp3) is 0.152. The Morgan fingerprint density at radius 3 is 1.38 bits per heavy atom. The molecule has 0 aliphatic carbocycles. The maximum absolute atomic E-state index is 13.8. The molecule has 6 heteroatoms. The van der Waals surface area contributed by atoms with E-state index in [4.69, 9.17) is 23.7 Å². The van der Waals surface area contributed by atoms with E-state index in [0.29, 0.717) is 72.9 Å². The Labute approximate surface area is 305 Å². The molecule has 0 unspecified atom stereocenters. The van der Waals surface area contributed by atoms with Crippen molar-refractivity contribution in [2.45, 2.75) is 39.8 Å². The molecule has 6 aromatic carbocycles. The SMILES string of the molecule is CCCOc1ccc(C(=O)C=Cc2c(OCc3ccccc3)cc(OCc3ccccc3)cc2OCc2ccccc2)cc1OCc1ccccc1. The van der Waals surface area contributed by atoms with Gasteiger partial charge in [-0.2, -0.15) is 0 Å². The number of ether oxygens (including phenoxy) is 5. The van der Waals surface area contributed by atoms with Crippen LogP contribution < -0.4 is 23.7 Å². The predicted octanol–water partition coefficient (Wildman–Crippen LogP) is 10.7. The molecule has 0 radical (unpaired) electrons. The van der Waals surface area contributed by atoms with E-state index in [1.807, 2.05) is 140 Å². The summed E-state index contributed by atoms with van der Waals surface area (Å²) in [7, 11) is 0. The Morgan fingerprint density at radius 2 is 0.923 bits per heavy atom. The Balaban J connectivity index is 1.32. The number of hydrogen-bond donors (Lipinski definition) is 0. The molecule has 0 aromatic heterocycles. The topological polar surface area (TPSA) is 63.2 Å². The first-order valence-electron chi connectivity index (χ1n) is 17.5. The van der Waals surface area contributed by atoms with Crippen LogP contribution >= 0.6 is 0 Å². The maximum Gasteiger partial charge on any atom is 0.185 e. The average Bonchev–Trinajstić information content (AvgIpc) is 3.20. The van der Waals surface area contributed by atoms with Gasteiger partial charge in [-0.3, -0.25) is 4.79 Å². The molecular formula is C46H42O6. The zero-order valence-corrected chi connectivity index (χ0v) is 29.3. The third-order valence-electron chi connectivity index (χ3n) is 8.13. The van der Waals surface area contributed by atoms with Gasteiger partial charge in [-0.05, 0) is 59.0 Å². The summed E-state index contributed by atoms with van der Waals surface area (Å²) < 4.78 is 31.3. The van der Waals surface area contributed by atoms with Gasteiger partial charge < -0.3 is 23.7 Å². The molecule has 0 N–H and O–H groups in total. The quantitative estimate of drug-likeness (QED) is 0.0661. The molecule has 0 fully saturated rings. The molecule has 6 aromatic rings. The van der Waals surface area contributed by atoms with E-state index in [0.717, 1.165) is 28.7 Å². The number of carbonyl (C=O) groups excluding carboxylic acids is 1. The van der Waals surface area contributed by atoms with Gasteiger partial charge in [-0.25, -0.2) is 0 Å². The van der Waals surface area contributed by atoms with Crippen LogP contribution in [0, 0.1) is 0 Å². The first-order chi connectivity index (χ1) is 25.6. The number of allylic oxidation sites excluding steroid dienone is 1. The number of benzene rings is 6. The summed E-state index contributed by atoms with van der Waals surface area (Å²) in [6.45, 7) is 3.94. The Hall–Kier alpha value is -6.27. The van der Waals surface area contributed by atoms with Gasteiger partial charge in [-0.15, -0.1) is 0 Å². The lowest BCUT2D eigenvalue weighted by molar-refractivity contribution is 0.104. The highest BCUT2D eigenvalue weighted by molar-refractivity contribution is 6.07. The largest absolute Gasteiger partial charge is 0.490 e. The van der Waals surface area contributed by atoms with Gasteiger partial charge in [-0.1, -0.05) is 128 Å². The van der Waals surface area contributed by atoms with Gasteiger partial charge in [0.05, 0.1) is 12.2 Å². The zero-order valence-electron chi connectivity index (χ0n) is 29.3. The fourth-order valence-corrected chi connectivity index (χ4v) is 5.37. The molecule has 0 amide bonds. The normalized spacial score (nSPS) is 10.9. The van der Waals surface area contributed by atoms with E-state index in [1.165, 1.54) is 6.08 Å². The van der Waals surface area contributed by atoms with E-state index in [2.05, 4.69) is 0 Å². The lowest BCUT2D eigenvalue weighted by Crippen LogP contribution is -2.04. The smallest absolute Gasteiger partial charge is 0.185 e. The molecule has 6 rings (SSSR count). The summed E-state index contributed by atoms with van der Waals surface area (Å²) >= 11 is 0. The standard InChI is InChI=1S/C46H42O6/c1-2-27-48-43-26-23-39(28-46(43)52-34-38-21-13-6-14-22-38)42(47)25-24-41-44(50-32-36-17-9-4-10-18-36)29-40(49-31-35-15-7-3-8-16-35)30-45(41)51-33-37-19-11-5-12-20-37/h3-26,28-30H,2,27,31-34H2,1H3. The summed E-state index contributed by atoms with van der Waals surface area (Å²) in [5.41, 5.74) is 5.14. The zero-order chi connectivity index (χ0) is 35.8. The number of ketones is 1. The van der Waals surface area contributed by atoms with Crippen LogP contribution in [-0.4, -0.2) is 12.4 Å². The molecule has 0 spiro atoms. The molecule has 0 bridgehead atoms. The second-order valence-electron chi connectivity index (χ2n) is 12.1. The van der Waals surface area contributed by atoms with Crippen LogP contribution in [0.2, 0.25) is 0 Å². The molecule has 0 saturated heterocycles. The van der Waals surface area contributed by atoms with Crippen molar-refractivity contribution in [3.63, 3.8) is 0 Å². The van der Waals surface area contributed by atoms with Crippen LogP contribution in [0.3, 0.4) is 0 Å². The Kier molecular flexibility index (Phi) is 12.7. The van der Waals surface area contributed by atoms with E-state index in [-0.39, 0.29) is 5.78 Å². The molecular weight excluding hydrogens is 649 g/mol. The predicted molar refractivity (Wildman–Crippen MR) is 205 cm³/mol. The van der Waals surface area contributed by atoms with Crippen LogP contribution in [0.25, 0.3) is 6.08 Å². The third-order valence-corrected chi connectivity index (χ3v) is 8.13. The lowest BCUT2D eigenvalue weighted by atomic mass is 10.1. The van der Waals surface area contributed by atoms with Crippen molar-refractivity contribution < 1.29 is 28.5 Å². The molecule has 262 valence electrons. The maximum atomic E-state index is 13.8. The van der Waals surface area contributed by atoms with Gasteiger partial charge >= 0.3 is 0 Å². The first-order valence-corrected chi connectivity index (χ1v) is 17.5. The van der Waals surface area contributed by atoms with E-state index >= 15 is 0 Å². The molecule has 6 nitrogen and oxygen atoms in total. The van der Waals surface area contributed by atoms with Crippen LogP contribution in [0.5, 0.6) is 28.7 Å². The Bertz CT molecular complexity index is 1960. The van der Waals surface area contributed by atoms with Crippen molar-refractivity contribution in [3.8, 4) is 28.7 Å². The van der Waals surface area contributed by atoms with Crippen molar-refractivity contribution in [2.75, 3.05) is 6.61 Å². The number of hydrogen-bond acceptors (Lipinski definition) is 6. The van der Waals surface area contributed by atoms with Crippen molar-refractivity contribution in [1.82, 2.24) is 0 Å². The second-order valence-corrected chi connectivity index (χ2v) is 12.1. The number of rotatable bonds is 18.